The molecule has 5 rings (SSSR count). The average Bonchev–Trinajstić information content (AvgIpc) is 3.32. The first-order valence-electron chi connectivity index (χ1n) is 11.5. The van der Waals surface area contributed by atoms with Crippen molar-refractivity contribution >= 4 is 34.1 Å². The van der Waals surface area contributed by atoms with Crippen LogP contribution in [0.2, 0.25) is 0 Å². The molecule has 0 saturated carbocycles. The standard InChI is InChI=1S/C28H25N5OS/c1-3-32(25-16-8-12-21-11-5-6-14-23(21)25)26(34)19-35-28-31-30-27(22-13-9-17-29-18-22)33(28)24-15-7-4-10-20(24)2/h4-18H,3,19H2,1-2H3. The number of carbonyl (C=O) groups excluding carboxylic acids is 1. The fraction of sp³-hybridized carbons (Fsp3) is 0.143. The first kappa shape index (κ1) is 22.8. The molecule has 0 bridgehead atoms. The Balaban J connectivity index is 1.47. The molecule has 2 aromatic heterocycles. The van der Waals surface area contributed by atoms with Gasteiger partial charge in [-0.05, 0) is 49.1 Å². The second-order valence-electron chi connectivity index (χ2n) is 8.09. The number of hydrogen-bond acceptors (Lipinski definition) is 5. The largest absolute Gasteiger partial charge is 0.311 e. The fourth-order valence-corrected chi connectivity index (χ4v) is 5.03. The molecule has 6 nitrogen and oxygen atoms in total. The maximum Gasteiger partial charge on any atom is 0.237 e. The van der Waals surface area contributed by atoms with Crippen molar-refractivity contribution in [3.8, 4) is 17.1 Å². The Morgan fingerprint density at radius 3 is 2.54 bits per heavy atom. The fourth-order valence-electron chi connectivity index (χ4n) is 4.21. The Kier molecular flexibility index (Phi) is 6.59. The highest BCUT2D eigenvalue weighted by Gasteiger charge is 2.21. The number of aryl methyl sites for hydroxylation is 1. The van der Waals surface area contributed by atoms with Crippen molar-refractivity contribution in [3.63, 3.8) is 0 Å². The molecule has 0 fully saturated rings. The van der Waals surface area contributed by atoms with Gasteiger partial charge in [0.05, 0.1) is 17.1 Å². The van der Waals surface area contributed by atoms with Crippen LogP contribution in [0.4, 0.5) is 5.69 Å². The predicted octanol–water partition coefficient (Wildman–Crippen LogP) is 5.94. The Bertz CT molecular complexity index is 1480. The summed E-state index contributed by atoms with van der Waals surface area (Å²) in [7, 11) is 0. The van der Waals surface area contributed by atoms with Gasteiger partial charge >= 0.3 is 0 Å². The minimum Gasteiger partial charge on any atom is -0.311 e. The molecule has 0 aliphatic rings. The van der Waals surface area contributed by atoms with E-state index in [1.165, 1.54) is 11.8 Å². The lowest BCUT2D eigenvalue weighted by atomic mass is 10.1. The van der Waals surface area contributed by atoms with Gasteiger partial charge in [0.15, 0.2) is 11.0 Å². The summed E-state index contributed by atoms with van der Waals surface area (Å²) < 4.78 is 2.01. The van der Waals surface area contributed by atoms with E-state index >= 15 is 0 Å². The SMILES string of the molecule is CCN(C(=O)CSc1nnc(-c2cccnc2)n1-c1ccccc1C)c1cccc2ccccc12. The third kappa shape index (κ3) is 4.55. The van der Waals surface area contributed by atoms with Crippen molar-refractivity contribution in [3.05, 3.63) is 96.8 Å². The van der Waals surface area contributed by atoms with Crippen LogP contribution < -0.4 is 4.90 Å². The molecule has 35 heavy (non-hydrogen) atoms. The number of nitrogens with zero attached hydrogens (tertiary/aromatic N) is 5. The van der Waals surface area contributed by atoms with E-state index in [9.17, 15) is 4.79 Å². The van der Waals surface area contributed by atoms with Crippen molar-refractivity contribution in [1.82, 2.24) is 19.7 Å². The van der Waals surface area contributed by atoms with Crippen molar-refractivity contribution in [2.24, 2.45) is 0 Å². The molecule has 174 valence electrons. The number of carbonyl (C=O) groups is 1. The summed E-state index contributed by atoms with van der Waals surface area (Å²) in [6.07, 6.45) is 3.51. The molecule has 0 spiro atoms. The van der Waals surface area contributed by atoms with Gasteiger partial charge in [-0.2, -0.15) is 0 Å². The van der Waals surface area contributed by atoms with E-state index in [4.69, 9.17) is 0 Å². The molecule has 7 heteroatoms. The minimum atomic E-state index is 0.0242. The minimum absolute atomic E-state index is 0.0242. The van der Waals surface area contributed by atoms with Crippen molar-refractivity contribution in [1.29, 1.82) is 0 Å². The summed E-state index contributed by atoms with van der Waals surface area (Å²) in [6.45, 7) is 4.64. The lowest BCUT2D eigenvalue weighted by molar-refractivity contribution is -0.116. The molecule has 3 aromatic carbocycles. The van der Waals surface area contributed by atoms with Crippen molar-refractivity contribution in [2.75, 3.05) is 17.2 Å². The second kappa shape index (κ2) is 10.1. The van der Waals surface area contributed by atoms with Gasteiger partial charge in [-0.3, -0.25) is 14.3 Å². The van der Waals surface area contributed by atoms with Gasteiger partial charge in [0.2, 0.25) is 5.91 Å². The van der Waals surface area contributed by atoms with Crippen molar-refractivity contribution < 1.29 is 4.79 Å². The van der Waals surface area contributed by atoms with Crippen LogP contribution in [0.25, 0.3) is 27.8 Å². The number of aromatic nitrogens is 4. The van der Waals surface area contributed by atoms with E-state index in [1.54, 1.807) is 12.4 Å². The number of anilines is 1. The first-order valence-corrected chi connectivity index (χ1v) is 12.5. The number of thioether (sulfide) groups is 1. The van der Waals surface area contributed by atoms with Crippen LogP contribution in [0.3, 0.4) is 0 Å². The maximum atomic E-state index is 13.4. The number of amides is 1. The van der Waals surface area contributed by atoms with Gasteiger partial charge < -0.3 is 4.90 Å². The number of fused-ring (bicyclic) bond motifs is 1. The van der Waals surface area contributed by atoms with Crippen LogP contribution >= 0.6 is 11.8 Å². The number of rotatable bonds is 7. The summed E-state index contributed by atoms with van der Waals surface area (Å²) in [5.41, 5.74) is 3.87. The Labute approximate surface area is 208 Å². The van der Waals surface area contributed by atoms with Crippen LogP contribution in [0.1, 0.15) is 12.5 Å². The van der Waals surface area contributed by atoms with Crippen LogP contribution in [-0.4, -0.2) is 38.0 Å². The topological polar surface area (TPSA) is 63.9 Å². The first-order chi connectivity index (χ1) is 17.2. The average molecular weight is 480 g/mol. The monoisotopic (exact) mass is 479 g/mol. The predicted molar refractivity (Wildman–Crippen MR) is 142 cm³/mol. The van der Waals surface area contributed by atoms with Crippen molar-refractivity contribution in [2.45, 2.75) is 19.0 Å². The smallest absolute Gasteiger partial charge is 0.237 e. The van der Waals surface area contributed by atoms with E-state index in [1.807, 2.05) is 71.0 Å². The van der Waals surface area contributed by atoms with Crippen LogP contribution in [0, 0.1) is 6.92 Å². The quantitative estimate of drug-likeness (QED) is 0.271. The highest BCUT2D eigenvalue weighted by atomic mass is 32.2. The number of hydrogen-bond donors (Lipinski definition) is 0. The van der Waals surface area contributed by atoms with E-state index in [0.29, 0.717) is 17.5 Å². The van der Waals surface area contributed by atoms with E-state index < -0.39 is 0 Å². The summed E-state index contributed by atoms with van der Waals surface area (Å²) in [4.78, 5) is 19.5. The second-order valence-corrected chi connectivity index (χ2v) is 9.04. The van der Waals surface area contributed by atoms with Gasteiger partial charge in [0.1, 0.15) is 0 Å². The summed E-state index contributed by atoms with van der Waals surface area (Å²) in [6, 6.07) is 26.1. The number of para-hydroxylation sites is 1. The Morgan fingerprint density at radius 1 is 0.943 bits per heavy atom. The third-order valence-corrected chi connectivity index (χ3v) is 6.82. The van der Waals surface area contributed by atoms with E-state index in [2.05, 4.69) is 46.4 Å². The van der Waals surface area contributed by atoms with Gasteiger partial charge in [-0.1, -0.05) is 66.4 Å². The Morgan fingerprint density at radius 2 is 1.74 bits per heavy atom. The highest BCUT2D eigenvalue weighted by molar-refractivity contribution is 7.99. The molecule has 0 aliphatic carbocycles. The van der Waals surface area contributed by atoms with E-state index in [-0.39, 0.29) is 11.7 Å². The molecule has 2 heterocycles. The van der Waals surface area contributed by atoms with Crippen LogP contribution in [0.5, 0.6) is 0 Å². The molecule has 0 unspecified atom stereocenters. The molecule has 0 aliphatic heterocycles. The summed E-state index contributed by atoms with van der Waals surface area (Å²) in [5, 5.41) is 11.8. The summed E-state index contributed by atoms with van der Waals surface area (Å²) >= 11 is 1.40. The van der Waals surface area contributed by atoms with Gasteiger partial charge in [0.25, 0.3) is 0 Å². The molecular formula is C28H25N5OS. The molecular weight excluding hydrogens is 454 g/mol. The van der Waals surface area contributed by atoms with Gasteiger partial charge in [-0.25, -0.2) is 0 Å². The normalized spacial score (nSPS) is 11.0. The van der Waals surface area contributed by atoms with E-state index in [0.717, 1.165) is 33.3 Å². The molecule has 0 atom stereocenters. The third-order valence-electron chi connectivity index (χ3n) is 5.91. The zero-order chi connectivity index (χ0) is 24.2. The summed E-state index contributed by atoms with van der Waals surface area (Å²) in [5.74, 6) is 0.966. The van der Waals surface area contributed by atoms with Gasteiger partial charge in [-0.15, -0.1) is 10.2 Å². The molecule has 5 aromatic rings. The lowest BCUT2D eigenvalue weighted by Crippen LogP contribution is -2.32. The lowest BCUT2D eigenvalue weighted by Gasteiger charge is -2.22. The molecule has 0 N–H and O–H groups in total. The zero-order valence-corrected chi connectivity index (χ0v) is 20.4. The number of pyridine rings is 1. The van der Waals surface area contributed by atoms with Crippen LogP contribution in [0.15, 0.2) is 96.4 Å². The number of benzene rings is 3. The molecule has 0 radical (unpaired) electrons. The Hall–Kier alpha value is -3.97. The highest BCUT2D eigenvalue weighted by Crippen LogP contribution is 2.31. The zero-order valence-electron chi connectivity index (χ0n) is 19.6. The maximum absolute atomic E-state index is 13.4. The van der Waals surface area contributed by atoms with Gasteiger partial charge in [0, 0.05) is 29.9 Å². The van der Waals surface area contributed by atoms with Crippen LogP contribution in [-0.2, 0) is 4.79 Å². The molecule has 1 amide bonds. The molecule has 0 saturated heterocycles.